The monoisotopic (exact) mass is 604 g/mol. The molecule has 3 aromatic carbocycles. The minimum absolute atomic E-state index is 0.0198. The minimum Gasteiger partial charge on any atom is -0.506 e. The van der Waals surface area contributed by atoms with Crippen LogP contribution >= 0.6 is 56.8 Å². The van der Waals surface area contributed by atoms with Crippen molar-refractivity contribution in [2.45, 2.75) is 13.3 Å². The molecule has 0 heterocycles. The smallest absolute Gasteiger partial charge is 0.171 e. The fraction of sp³-hybridized carbons (Fsp3) is 0.0952. The molecule has 0 aliphatic heterocycles. The lowest BCUT2D eigenvalue weighted by Gasteiger charge is -2.10. The molecule has 1 N–H and O–H groups in total. The molecule has 6 heteroatoms. The molecule has 27 heavy (non-hydrogen) atoms. The van der Waals surface area contributed by atoms with Crippen LogP contribution in [-0.2, 0) is 6.42 Å². The molecule has 0 unspecified atom stereocenters. The van der Waals surface area contributed by atoms with E-state index in [2.05, 4.69) is 22.6 Å². The second kappa shape index (κ2) is 8.79. The molecule has 0 saturated heterocycles. The molecule has 3 nitrogen and oxygen atoms in total. The number of carbonyl (C=O) groups is 1. The highest BCUT2D eigenvalue weighted by molar-refractivity contribution is 14.1. The molecule has 0 aliphatic carbocycles. The lowest BCUT2D eigenvalue weighted by Crippen LogP contribution is -2.05. The van der Waals surface area contributed by atoms with E-state index in [4.69, 9.17) is 16.3 Å². The average Bonchev–Trinajstić information content (AvgIpc) is 2.62. The normalized spacial score (nSPS) is 10.7. The Hall–Kier alpha value is -1.32. The van der Waals surface area contributed by atoms with Gasteiger partial charge in [0.15, 0.2) is 5.78 Å². The van der Waals surface area contributed by atoms with Gasteiger partial charge in [0.05, 0.1) is 14.2 Å². The summed E-state index contributed by atoms with van der Waals surface area (Å²) >= 11 is 10.5. The molecular formula is C21H15ClI2O3. The summed E-state index contributed by atoms with van der Waals surface area (Å²) in [7, 11) is 0. The zero-order valence-electron chi connectivity index (χ0n) is 14.3. The number of hydrogen-bond acceptors (Lipinski definition) is 3. The third-order valence-electron chi connectivity index (χ3n) is 3.94. The Labute approximate surface area is 190 Å². The fourth-order valence-corrected chi connectivity index (χ4v) is 4.62. The highest BCUT2D eigenvalue weighted by Crippen LogP contribution is 2.32. The van der Waals surface area contributed by atoms with Crippen molar-refractivity contribution in [3.05, 3.63) is 83.5 Å². The summed E-state index contributed by atoms with van der Waals surface area (Å²) in [6.45, 7) is 2.01. The molecule has 0 aliphatic rings. The molecule has 0 atom stereocenters. The Balaban J connectivity index is 1.78. The van der Waals surface area contributed by atoms with Crippen molar-refractivity contribution in [3.8, 4) is 17.2 Å². The van der Waals surface area contributed by atoms with Crippen LogP contribution in [0.25, 0.3) is 0 Å². The van der Waals surface area contributed by atoms with Gasteiger partial charge in [0.25, 0.3) is 0 Å². The van der Waals surface area contributed by atoms with Crippen LogP contribution in [0.4, 0.5) is 0 Å². The van der Waals surface area contributed by atoms with Gasteiger partial charge in [-0.1, -0.05) is 35.4 Å². The maximum atomic E-state index is 12.6. The lowest BCUT2D eigenvalue weighted by molar-refractivity contribution is 0.0990. The van der Waals surface area contributed by atoms with E-state index >= 15 is 0 Å². The van der Waals surface area contributed by atoms with Gasteiger partial charge in [-0.15, -0.1) is 0 Å². The summed E-state index contributed by atoms with van der Waals surface area (Å²) in [5.41, 5.74) is 2.23. The zero-order chi connectivity index (χ0) is 19.6. The molecule has 3 rings (SSSR count). The van der Waals surface area contributed by atoms with E-state index < -0.39 is 0 Å². The number of rotatable bonds is 5. The first-order chi connectivity index (χ1) is 12.8. The lowest BCUT2D eigenvalue weighted by atomic mass is 10.0. The number of phenolic OH excluding ortho intramolecular Hbond substituents is 1. The number of hydrogen-bond donors (Lipinski definition) is 1. The highest BCUT2D eigenvalue weighted by Gasteiger charge is 2.16. The second-order valence-corrected chi connectivity index (χ2v) is 8.88. The van der Waals surface area contributed by atoms with Crippen LogP contribution in [0.3, 0.4) is 0 Å². The van der Waals surface area contributed by atoms with E-state index in [9.17, 15) is 9.90 Å². The summed E-state index contributed by atoms with van der Waals surface area (Å²) in [5.74, 6) is 1.09. The van der Waals surface area contributed by atoms with E-state index in [1.54, 1.807) is 18.2 Å². The Bertz CT molecular complexity index is 1000. The summed E-state index contributed by atoms with van der Waals surface area (Å²) in [6.07, 6.45) is 0.147. The van der Waals surface area contributed by atoms with E-state index in [-0.39, 0.29) is 18.0 Å². The average molecular weight is 605 g/mol. The van der Waals surface area contributed by atoms with Gasteiger partial charge in [0, 0.05) is 9.99 Å². The van der Waals surface area contributed by atoms with Crippen LogP contribution < -0.4 is 4.74 Å². The summed E-state index contributed by atoms with van der Waals surface area (Å²) in [6, 6.07) is 16.5. The van der Waals surface area contributed by atoms with Crippen molar-refractivity contribution in [3.63, 3.8) is 0 Å². The molecule has 0 saturated carbocycles. The van der Waals surface area contributed by atoms with E-state index in [1.165, 1.54) is 0 Å². The molecule has 3 aromatic rings. The molecule has 0 radical (unpaired) electrons. The van der Waals surface area contributed by atoms with Gasteiger partial charge in [0.2, 0.25) is 0 Å². The van der Waals surface area contributed by atoms with Crippen molar-refractivity contribution in [2.75, 3.05) is 0 Å². The van der Waals surface area contributed by atoms with Crippen LogP contribution in [0.15, 0.2) is 54.6 Å². The predicted molar refractivity (Wildman–Crippen MR) is 124 cm³/mol. The molecule has 0 fully saturated rings. The number of aromatic hydroxyl groups is 1. The number of carbonyl (C=O) groups excluding carboxylic acids is 1. The Morgan fingerprint density at radius 1 is 1.07 bits per heavy atom. The van der Waals surface area contributed by atoms with E-state index in [1.807, 2.05) is 65.9 Å². The molecular weight excluding hydrogens is 589 g/mol. The number of ether oxygens (including phenoxy) is 1. The SMILES string of the molecule is Cc1ccc(Oc2ccc(CC(=O)c3cc(I)cc(I)c3O)cc2Cl)cc1. The first-order valence-corrected chi connectivity index (χ1v) is 10.6. The standard InChI is InChI=1S/C21H15ClI2O3/c1-12-2-5-15(6-3-12)27-20-7-4-13(8-17(20)22)9-19(25)16-10-14(23)11-18(24)21(16)26/h2-8,10-11,26H,9H2,1H3. The molecule has 138 valence electrons. The number of halogens is 3. The zero-order valence-corrected chi connectivity index (χ0v) is 19.4. The van der Waals surface area contributed by atoms with Gasteiger partial charge >= 0.3 is 0 Å². The van der Waals surface area contributed by atoms with Gasteiger partial charge in [-0.25, -0.2) is 0 Å². The Morgan fingerprint density at radius 3 is 2.44 bits per heavy atom. The third kappa shape index (κ3) is 5.14. The van der Waals surface area contributed by atoms with Crippen molar-refractivity contribution >= 4 is 62.6 Å². The molecule has 0 amide bonds. The predicted octanol–water partition coefficient (Wildman–Crippen LogP) is 6.78. The largest absolute Gasteiger partial charge is 0.506 e. The number of Topliss-reactive ketones (excluding diaryl/α,β-unsaturated/α-hetero) is 1. The van der Waals surface area contributed by atoms with Crippen LogP contribution in [0, 0.1) is 14.1 Å². The van der Waals surface area contributed by atoms with E-state index in [0.717, 1.165) is 14.7 Å². The van der Waals surface area contributed by atoms with Crippen LogP contribution in [0.2, 0.25) is 5.02 Å². The first kappa shape index (κ1) is 20.4. The maximum Gasteiger partial charge on any atom is 0.171 e. The summed E-state index contributed by atoms with van der Waals surface area (Å²) in [5, 5.41) is 10.6. The quantitative estimate of drug-likeness (QED) is 0.258. The van der Waals surface area contributed by atoms with Crippen molar-refractivity contribution in [2.24, 2.45) is 0 Å². The third-order valence-corrected chi connectivity index (χ3v) is 5.68. The van der Waals surface area contributed by atoms with Gasteiger partial charge in [-0.05, 0) is 94.1 Å². The fourth-order valence-electron chi connectivity index (χ4n) is 2.53. The van der Waals surface area contributed by atoms with Gasteiger partial charge in [-0.2, -0.15) is 0 Å². The first-order valence-electron chi connectivity index (χ1n) is 8.07. The summed E-state index contributed by atoms with van der Waals surface area (Å²) in [4.78, 5) is 12.6. The number of ketones is 1. The maximum absolute atomic E-state index is 12.6. The van der Waals surface area contributed by atoms with Crippen molar-refractivity contribution in [1.29, 1.82) is 0 Å². The minimum atomic E-state index is -0.160. The van der Waals surface area contributed by atoms with Crippen molar-refractivity contribution < 1.29 is 14.6 Å². The molecule has 0 spiro atoms. The molecule has 0 aromatic heterocycles. The number of benzene rings is 3. The van der Waals surface area contributed by atoms with Gasteiger partial charge < -0.3 is 9.84 Å². The van der Waals surface area contributed by atoms with Crippen molar-refractivity contribution in [1.82, 2.24) is 0 Å². The topological polar surface area (TPSA) is 46.5 Å². The highest BCUT2D eigenvalue weighted by atomic mass is 127. The second-order valence-electron chi connectivity index (χ2n) is 6.06. The summed E-state index contributed by atoms with van der Waals surface area (Å²) < 4.78 is 7.36. The van der Waals surface area contributed by atoms with Gasteiger partial charge in [0.1, 0.15) is 17.2 Å². The number of phenols is 1. The Morgan fingerprint density at radius 2 is 1.78 bits per heavy atom. The number of aryl methyl sites for hydroxylation is 1. The van der Waals surface area contributed by atoms with Crippen LogP contribution in [0.1, 0.15) is 21.5 Å². The van der Waals surface area contributed by atoms with E-state index in [0.29, 0.717) is 25.7 Å². The Kier molecular flexibility index (Phi) is 6.65. The van der Waals surface area contributed by atoms with Gasteiger partial charge in [-0.3, -0.25) is 4.79 Å². The molecule has 0 bridgehead atoms. The van der Waals surface area contributed by atoms with Crippen LogP contribution in [-0.4, -0.2) is 10.9 Å². The van der Waals surface area contributed by atoms with Crippen LogP contribution in [0.5, 0.6) is 17.2 Å².